The van der Waals surface area contributed by atoms with Crippen molar-refractivity contribution in [2.45, 2.75) is 33.2 Å². The van der Waals surface area contributed by atoms with E-state index in [9.17, 15) is 4.79 Å². The molecule has 4 nitrogen and oxygen atoms in total. The van der Waals surface area contributed by atoms with Gasteiger partial charge in [-0.3, -0.25) is 4.79 Å². The van der Waals surface area contributed by atoms with Gasteiger partial charge < -0.3 is 9.88 Å². The molecule has 0 spiro atoms. The van der Waals surface area contributed by atoms with E-state index >= 15 is 0 Å². The lowest BCUT2D eigenvalue weighted by atomic mass is 10.0. The molecule has 0 aliphatic carbocycles. The average Bonchev–Trinajstić information content (AvgIpc) is 3.23. The molecule has 0 fully saturated rings. The van der Waals surface area contributed by atoms with Gasteiger partial charge in [-0.05, 0) is 49.6 Å². The second-order valence-corrected chi connectivity index (χ2v) is 7.57. The Morgan fingerprint density at radius 2 is 2.16 bits per heavy atom. The highest BCUT2D eigenvalue weighted by atomic mass is 32.1. The molecule has 130 valence electrons. The molecule has 3 aromatic rings. The van der Waals surface area contributed by atoms with E-state index in [-0.39, 0.29) is 11.9 Å². The van der Waals surface area contributed by atoms with Crippen LogP contribution in [0.15, 0.2) is 48.1 Å². The van der Waals surface area contributed by atoms with Crippen molar-refractivity contribution in [3.8, 4) is 0 Å². The zero-order valence-electron chi connectivity index (χ0n) is 14.8. The van der Waals surface area contributed by atoms with Gasteiger partial charge in [0.25, 0.3) is 5.91 Å². The molecule has 1 atom stereocenters. The molecule has 3 rings (SSSR count). The number of carbonyl (C=O) groups excluding carboxylic acids is 1. The normalized spacial score (nSPS) is 13.0. The summed E-state index contributed by atoms with van der Waals surface area (Å²) in [6.45, 7) is 6.47. The Morgan fingerprint density at radius 3 is 2.88 bits per heavy atom. The zero-order chi connectivity index (χ0) is 17.8. The summed E-state index contributed by atoms with van der Waals surface area (Å²) in [5, 5.41) is 3.85. The minimum atomic E-state index is -0.0155. The van der Waals surface area contributed by atoms with Gasteiger partial charge in [-0.2, -0.15) is 0 Å². The van der Waals surface area contributed by atoms with E-state index in [2.05, 4.69) is 36.8 Å². The van der Waals surface area contributed by atoms with Crippen LogP contribution in [0.25, 0.3) is 17.0 Å². The van der Waals surface area contributed by atoms with Gasteiger partial charge in [0.2, 0.25) is 0 Å². The van der Waals surface area contributed by atoms with E-state index in [4.69, 9.17) is 0 Å². The van der Waals surface area contributed by atoms with Gasteiger partial charge in [0.15, 0.2) is 0 Å². The SMILES string of the molecule is CC(C)CC(C)N(C(=O)/C=C/c1nccs1)c1ccc2[nH]ccc2c1. The van der Waals surface area contributed by atoms with Crippen LogP contribution in [0.4, 0.5) is 5.69 Å². The third-order valence-corrected chi connectivity index (χ3v) is 4.87. The van der Waals surface area contributed by atoms with E-state index in [1.54, 1.807) is 18.3 Å². The summed E-state index contributed by atoms with van der Waals surface area (Å²) in [7, 11) is 0. The lowest BCUT2D eigenvalue weighted by Gasteiger charge is -2.29. The van der Waals surface area contributed by atoms with Gasteiger partial charge in [0.05, 0.1) is 0 Å². The molecule has 0 bridgehead atoms. The van der Waals surface area contributed by atoms with Crippen LogP contribution < -0.4 is 4.90 Å². The smallest absolute Gasteiger partial charge is 0.251 e. The average molecular weight is 353 g/mol. The van der Waals surface area contributed by atoms with Gasteiger partial charge in [-0.25, -0.2) is 4.98 Å². The Balaban J connectivity index is 1.92. The summed E-state index contributed by atoms with van der Waals surface area (Å²) in [6.07, 6.45) is 8.02. The third-order valence-electron chi connectivity index (χ3n) is 4.13. The first-order valence-electron chi connectivity index (χ1n) is 8.52. The number of nitrogens with one attached hydrogen (secondary N) is 1. The van der Waals surface area contributed by atoms with Crippen LogP contribution in [0, 0.1) is 5.92 Å². The number of benzene rings is 1. The zero-order valence-corrected chi connectivity index (χ0v) is 15.6. The minimum absolute atomic E-state index is 0.0155. The number of H-pyrrole nitrogens is 1. The molecule has 1 aromatic carbocycles. The Morgan fingerprint density at radius 1 is 1.32 bits per heavy atom. The number of rotatable bonds is 6. The molecular formula is C20H23N3OS. The van der Waals surface area contributed by atoms with Crippen molar-refractivity contribution >= 4 is 39.9 Å². The number of hydrogen-bond acceptors (Lipinski definition) is 3. The lowest BCUT2D eigenvalue weighted by molar-refractivity contribution is -0.114. The maximum absolute atomic E-state index is 12.9. The fourth-order valence-electron chi connectivity index (χ4n) is 3.12. The molecule has 1 amide bonds. The molecule has 2 heterocycles. The van der Waals surface area contributed by atoms with Crippen molar-refractivity contribution in [2.75, 3.05) is 4.90 Å². The van der Waals surface area contributed by atoms with Crippen molar-refractivity contribution in [1.29, 1.82) is 0 Å². The number of aromatic amines is 1. The minimum Gasteiger partial charge on any atom is -0.361 e. The molecular weight excluding hydrogens is 330 g/mol. The van der Waals surface area contributed by atoms with Gasteiger partial charge in [0, 0.05) is 46.5 Å². The third kappa shape index (κ3) is 4.17. The number of thiazole rings is 1. The predicted molar refractivity (Wildman–Crippen MR) is 106 cm³/mol. The number of nitrogens with zero attached hydrogens (tertiary/aromatic N) is 2. The number of carbonyl (C=O) groups is 1. The van der Waals surface area contributed by atoms with E-state index in [1.165, 1.54) is 11.3 Å². The highest BCUT2D eigenvalue weighted by molar-refractivity contribution is 7.10. The monoisotopic (exact) mass is 353 g/mol. The quantitative estimate of drug-likeness (QED) is 0.626. The molecule has 0 aliphatic heterocycles. The van der Waals surface area contributed by atoms with Crippen LogP contribution >= 0.6 is 11.3 Å². The van der Waals surface area contributed by atoms with E-state index in [0.29, 0.717) is 5.92 Å². The van der Waals surface area contributed by atoms with Gasteiger partial charge in [-0.15, -0.1) is 11.3 Å². The summed E-state index contributed by atoms with van der Waals surface area (Å²) >= 11 is 1.52. The van der Waals surface area contributed by atoms with Gasteiger partial charge in [0.1, 0.15) is 5.01 Å². The van der Waals surface area contributed by atoms with Crippen molar-refractivity contribution in [2.24, 2.45) is 5.92 Å². The molecule has 25 heavy (non-hydrogen) atoms. The number of anilines is 1. The van der Waals surface area contributed by atoms with E-state index < -0.39 is 0 Å². The standard InChI is InChI=1S/C20H23N3OS/c1-14(2)12-15(3)23(20(24)7-6-19-22-10-11-25-19)17-4-5-18-16(13-17)8-9-21-18/h4-11,13-15,21H,12H2,1-3H3/b7-6+. The summed E-state index contributed by atoms with van der Waals surface area (Å²) in [6, 6.07) is 8.24. The molecule has 0 radical (unpaired) electrons. The second kappa shape index (κ2) is 7.66. The number of aromatic nitrogens is 2. The first-order chi connectivity index (χ1) is 12.0. The van der Waals surface area contributed by atoms with Crippen molar-refractivity contribution in [1.82, 2.24) is 9.97 Å². The number of amides is 1. The highest BCUT2D eigenvalue weighted by Crippen LogP contribution is 2.26. The fourth-order valence-corrected chi connectivity index (χ4v) is 3.65. The second-order valence-electron chi connectivity index (χ2n) is 6.64. The molecule has 0 saturated carbocycles. The maximum Gasteiger partial charge on any atom is 0.251 e. The lowest BCUT2D eigenvalue weighted by Crippen LogP contribution is -2.38. The van der Waals surface area contributed by atoms with Gasteiger partial charge in [-0.1, -0.05) is 13.8 Å². The van der Waals surface area contributed by atoms with E-state index in [1.807, 2.05) is 34.7 Å². The summed E-state index contributed by atoms with van der Waals surface area (Å²) in [5.74, 6) is 0.502. The number of hydrogen-bond donors (Lipinski definition) is 1. The molecule has 0 aliphatic rings. The van der Waals surface area contributed by atoms with Gasteiger partial charge >= 0.3 is 0 Å². The molecule has 1 N–H and O–H groups in total. The maximum atomic E-state index is 12.9. The van der Waals surface area contributed by atoms with Crippen LogP contribution in [-0.4, -0.2) is 21.9 Å². The van der Waals surface area contributed by atoms with Crippen LogP contribution in [0.1, 0.15) is 32.2 Å². The topological polar surface area (TPSA) is 49.0 Å². The fraction of sp³-hybridized carbons (Fsp3) is 0.300. The summed E-state index contributed by atoms with van der Waals surface area (Å²) < 4.78 is 0. The van der Waals surface area contributed by atoms with E-state index in [0.717, 1.165) is 28.0 Å². The van der Waals surface area contributed by atoms with Crippen LogP contribution in [0.2, 0.25) is 0 Å². The molecule has 1 unspecified atom stereocenters. The van der Waals surface area contributed by atoms with Crippen LogP contribution in [0.3, 0.4) is 0 Å². The summed E-state index contributed by atoms with van der Waals surface area (Å²) in [4.78, 5) is 22.2. The molecule has 0 saturated heterocycles. The van der Waals surface area contributed by atoms with Crippen molar-refractivity contribution in [3.05, 3.63) is 53.1 Å². The summed E-state index contributed by atoms with van der Waals surface area (Å²) in [5.41, 5.74) is 2.00. The Labute approximate surface area is 152 Å². The highest BCUT2D eigenvalue weighted by Gasteiger charge is 2.21. The van der Waals surface area contributed by atoms with Crippen LogP contribution in [-0.2, 0) is 4.79 Å². The Bertz CT molecular complexity index is 864. The molecule has 2 aromatic heterocycles. The number of fused-ring (bicyclic) bond motifs is 1. The first kappa shape index (κ1) is 17.4. The first-order valence-corrected chi connectivity index (χ1v) is 9.40. The Kier molecular flexibility index (Phi) is 5.34. The van der Waals surface area contributed by atoms with Crippen molar-refractivity contribution < 1.29 is 4.79 Å². The predicted octanol–water partition coefficient (Wildman–Crippen LogP) is 5.11. The van der Waals surface area contributed by atoms with Crippen molar-refractivity contribution in [3.63, 3.8) is 0 Å². The largest absolute Gasteiger partial charge is 0.361 e. The molecule has 5 heteroatoms. The van der Waals surface area contributed by atoms with Crippen LogP contribution in [0.5, 0.6) is 0 Å². The Hall–Kier alpha value is -2.40.